The lowest BCUT2D eigenvalue weighted by molar-refractivity contribution is 0.467. The molecule has 160 valence electrons. The highest BCUT2D eigenvalue weighted by molar-refractivity contribution is 6.98. The molecule has 8 rings (SSSR count). The number of ether oxygens (including phenoxy) is 2. The number of hydrogen-bond acceptors (Lipinski definition) is 2. The van der Waals surface area contributed by atoms with Gasteiger partial charge in [-0.1, -0.05) is 72.2 Å². The first-order valence-electron chi connectivity index (χ1n) is 11.8. The smallest absolute Gasteiger partial charge is 0.260 e. The lowest BCUT2D eigenvalue weighted by atomic mass is 9.35. The second-order valence-electron chi connectivity index (χ2n) is 9.17. The minimum Gasteiger partial charge on any atom is -0.458 e. The molecule has 3 heterocycles. The van der Waals surface area contributed by atoms with Crippen molar-refractivity contribution in [1.29, 1.82) is 0 Å². The number of fused-ring (bicyclic) bond motifs is 8. The van der Waals surface area contributed by atoms with E-state index >= 15 is 0 Å². The Morgan fingerprint density at radius 2 is 1.31 bits per heavy atom. The van der Waals surface area contributed by atoms with Crippen LogP contribution in [-0.2, 0) is 0 Å². The normalized spacial score (nSPS) is 13.1. The summed E-state index contributed by atoms with van der Waals surface area (Å²) in [6.07, 6.45) is 0. The fourth-order valence-corrected chi connectivity index (χ4v) is 5.79. The Kier molecular flexibility index (Phi) is 3.71. The molecule has 2 aliphatic rings. The summed E-state index contributed by atoms with van der Waals surface area (Å²) in [6, 6.07) is 35.3. The molecule has 1 aromatic heterocycles. The van der Waals surface area contributed by atoms with Gasteiger partial charge in [0, 0.05) is 21.9 Å². The van der Waals surface area contributed by atoms with Gasteiger partial charge in [0.1, 0.15) is 25.1 Å². The third kappa shape index (κ3) is 2.53. The second-order valence-corrected chi connectivity index (χ2v) is 9.17. The number of nitrogens with zero attached hydrogens (tertiary/aromatic N) is 1. The maximum atomic E-state index is 6.74. The van der Waals surface area contributed by atoms with E-state index in [1.165, 1.54) is 0 Å². The van der Waals surface area contributed by atoms with Gasteiger partial charge in [-0.25, -0.2) is 0 Å². The Labute approximate surface area is 204 Å². The molecule has 0 saturated heterocycles. The van der Waals surface area contributed by atoms with Crippen LogP contribution in [0.4, 0.5) is 0 Å². The standard InChI is InChI=1S/C30H17B2NO2/c31-18-14-15-20-21-17-27-28-30(29(21)33(24(20)16-18)19-8-2-1-3-9-19)35-26-13-7-5-11-23(26)32(28)22-10-4-6-12-25(22)34-27/h1-17H. The van der Waals surface area contributed by atoms with Gasteiger partial charge in [0.25, 0.3) is 6.71 Å². The molecular weight excluding hydrogens is 428 g/mol. The van der Waals surface area contributed by atoms with Crippen molar-refractivity contribution in [2.75, 3.05) is 0 Å². The van der Waals surface area contributed by atoms with Crippen LogP contribution in [0.25, 0.3) is 27.5 Å². The van der Waals surface area contributed by atoms with E-state index in [-0.39, 0.29) is 6.71 Å². The van der Waals surface area contributed by atoms with E-state index in [4.69, 9.17) is 17.3 Å². The first-order valence-corrected chi connectivity index (χ1v) is 11.8. The molecule has 0 atom stereocenters. The highest BCUT2D eigenvalue weighted by Crippen LogP contribution is 2.44. The molecule has 0 amide bonds. The summed E-state index contributed by atoms with van der Waals surface area (Å²) in [6.45, 7) is 0.0339. The average Bonchev–Trinajstić information content (AvgIpc) is 3.22. The predicted octanol–water partition coefficient (Wildman–Crippen LogP) is 4.31. The van der Waals surface area contributed by atoms with Crippen LogP contribution >= 0.6 is 0 Å². The van der Waals surface area contributed by atoms with Gasteiger partial charge in [-0.05, 0) is 47.3 Å². The Balaban J connectivity index is 1.57. The third-order valence-corrected chi connectivity index (χ3v) is 7.23. The minimum atomic E-state index is 0.0339. The summed E-state index contributed by atoms with van der Waals surface area (Å²) < 4.78 is 15.5. The molecule has 6 aromatic rings. The molecule has 0 unspecified atom stereocenters. The van der Waals surface area contributed by atoms with Crippen molar-refractivity contribution in [3.8, 4) is 28.7 Å². The zero-order valence-electron chi connectivity index (χ0n) is 18.7. The van der Waals surface area contributed by atoms with Gasteiger partial charge in [0.15, 0.2) is 5.75 Å². The first-order chi connectivity index (χ1) is 17.3. The van der Waals surface area contributed by atoms with Crippen molar-refractivity contribution in [2.24, 2.45) is 0 Å². The van der Waals surface area contributed by atoms with Crippen molar-refractivity contribution in [3.63, 3.8) is 0 Å². The van der Waals surface area contributed by atoms with Gasteiger partial charge in [-0.15, -0.1) is 0 Å². The summed E-state index contributed by atoms with van der Waals surface area (Å²) >= 11 is 0. The fraction of sp³-hybridized carbons (Fsp3) is 0. The van der Waals surface area contributed by atoms with Crippen LogP contribution in [0.2, 0.25) is 0 Å². The fourth-order valence-electron chi connectivity index (χ4n) is 5.79. The number of aromatic nitrogens is 1. The van der Waals surface area contributed by atoms with Gasteiger partial charge in [-0.3, -0.25) is 0 Å². The Hall–Kier alpha value is -4.37. The molecular formula is C30H17B2NO2. The molecule has 35 heavy (non-hydrogen) atoms. The molecule has 5 aromatic carbocycles. The van der Waals surface area contributed by atoms with Crippen molar-refractivity contribution in [1.82, 2.24) is 4.57 Å². The molecule has 0 fully saturated rings. The number of benzene rings is 5. The Morgan fingerprint density at radius 1 is 0.629 bits per heavy atom. The molecule has 2 aliphatic heterocycles. The second kappa shape index (κ2) is 6.83. The van der Waals surface area contributed by atoms with E-state index in [1.54, 1.807) is 0 Å². The van der Waals surface area contributed by atoms with Crippen LogP contribution in [0.3, 0.4) is 0 Å². The number of hydrogen-bond donors (Lipinski definition) is 0. The molecule has 0 aliphatic carbocycles. The van der Waals surface area contributed by atoms with Gasteiger partial charge < -0.3 is 14.0 Å². The summed E-state index contributed by atoms with van der Waals surface area (Å²) in [5.74, 6) is 3.46. The molecule has 2 radical (unpaired) electrons. The molecule has 3 nitrogen and oxygen atoms in total. The third-order valence-electron chi connectivity index (χ3n) is 7.23. The van der Waals surface area contributed by atoms with Crippen LogP contribution in [0, 0.1) is 0 Å². The molecule has 0 spiro atoms. The van der Waals surface area contributed by atoms with Gasteiger partial charge in [0.2, 0.25) is 0 Å². The Bertz CT molecular complexity index is 1810. The van der Waals surface area contributed by atoms with Crippen molar-refractivity contribution in [3.05, 3.63) is 103 Å². The first kappa shape index (κ1) is 19.0. The summed E-state index contributed by atoms with van der Waals surface area (Å²) in [4.78, 5) is 0. The zero-order valence-corrected chi connectivity index (χ0v) is 18.7. The van der Waals surface area contributed by atoms with Crippen molar-refractivity contribution < 1.29 is 9.47 Å². The average molecular weight is 445 g/mol. The summed E-state index contributed by atoms with van der Waals surface area (Å²) in [7, 11) is 6.27. The minimum absolute atomic E-state index is 0.0339. The predicted molar refractivity (Wildman–Crippen MR) is 144 cm³/mol. The van der Waals surface area contributed by atoms with Crippen molar-refractivity contribution in [2.45, 2.75) is 0 Å². The lowest BCUT2D eigenvalue weighted by Crippen LogP contribution is -2.57. The van der Waals surface area contributed by atoms with E-state index in [2.05, 4.69) is 71.3 Å². The van der Waals surface area contributed by atoms with Crippen LogP contribution in [0.1, 0.15) is 0 Å². The van der Waals surface area contributed by atoms with Gasteiger partial charge in [0.05, 0.1) is 11.0 Å². The molecule has 0 saturated carbocycles. The number of rotatable bonds is 1. The summed E-state index contributed by atoms with van der Waals surface area (Å²) in [5.41, 5.74) is 7.24. The van der Waals surface area contributed by atoms with Crippen LogP contribution in [0.15, 0.2) is 103 Å². The van der Waals surface area contributed by atoms with Gasteiger partial charge in [-0.2, -0.15) is 0 Å². The maximum absolute atomic E-state index is 6.74. The zero-order chi connectivity index (χ0) is 23.1. The SMILES string of the molecule is [B]c1ccc2c3cc4c5c(c3n(-c3ccccc3)c2c1)Oc1ccccc1B5c1ccccc1O4. The van der Waals surface area contributed by atoms with Crippen LogP contribution in [-0.4, -0.2) is 19.1 Å². The topological polar surface area (TPSA) is 23.4 Å². The monoisotopic (exact) mass is 445 g/mol. The lowest BCUT2D eigenvalue weighted by Gasteiger charge is -2.33. The van der Waals surface area contributed by atoms with Crippen molar-refractivity contribution >= 4 is 58.2 Å². The molecule has 0 bridgehead atoms. The van der Waals surface area contributed by atoms with E-state index in [0.29, 0.717) is 0 Å². The van der Waals surface area contributed by atoms with E-state index in [1.807, 2.05) is 36.4 Å². The largest absolute Gasteiger partial charge is 0.458 e. The van der Waals surface area contributed by atoms with E-state index in [0.717, 1.165) is 72.3 Å². The van der Waals surface area contributed by atoms with Gasteiger partial charge >= 0.3 is 0 Å². The van der Waals surface area contributed by atoms with Crippen LogP contribution < -0.4 is 31.3 Å². The van der Waals surface area contributed by atoms with E-state index < -0.39 is 0 Å². The maximum Gasteiger partial charge on any atom is 0.260 e. The quantitative estimate of drug-likeness (QED) is 0.352. The highest BCUT2D eigenvalue weighted by atomic mass is 16.5. The summed E-state index contributed by atoms with van der Waals surface area (Å²) in [5, 5.41) is 2.19. The molecule has 5 heteroatoms. The van der Waals surface area contributed by atoms with E-state index in [9.17, 15) is 0 Å². The highest BCUT2D eigenvalue weighted by Gasteiger charge is 2.41. The number of para-hydroxylation sites is 3. The van der Waals surface area contributed by atoms with Crippen LogP contribution in [0.5, 0.6) is 23.0 Å². The molecule has 0 N–H and O–H groups in total. The Morgan fingerprint density at radius 3 is 2.09 bits per heavy atom.